The van der Waals surface area contributed by atoms with Crippen LogP contribution in [0.4, 0.5) is 4.79 Å². The second-order valence-electron chi connectivity index (χ2n) is 7.14. The number of piperidine rings is 1. The number of imide groups is 1. The molecule has 0 saturated carbocycles. The molecule has 2 aliphatic rings. The second-order valence-corrected chi connectivity index (χ2v) is 7.14. The summed E-state index contributed by atoms with van der Waals surface area (Å²) in [6, 6.07) is 7.52. The van der Waals surface area contributed by atoms with Gasteiger partial charge in [-0.15, -0.1) is 0 Å². The fourth-order valence-electron chi connectivity index (χ4n) is 3.71. The van der Waals surface area contributed by atoms with Gasteiger partial charge in [0.05, 0.1) is 7.11 Å². The molecule has 0 bridgehead atoms. The molecule has 2 aliphatic heterocycles. The minimum absolute atomic E-state index is 0.0265. The van der Waals surface area contributed by atoms with Crippen molar-refractivity contribution in [1.82, 2.24) is 15.5 Å². The number of urea groups is 1. The molecule has 0 spiro atoms. The zero-order valence-corrected chi connectivity index (χ0v) is 15.2. The van der Waals surface area contributed by atoms with Crippen molar-refractivity contribution in [2.45, 2.75) is 44.1 Å². The van der Waals surface area contributed by atoms with Gasteiger partial charge in [-0.25, -0.2) is 4.79 Å². The Bertz CT molecular complexity index is 712. The molecule has 2 heterocycles. The fourth-order valence-corrected chi connectivity index (χ4v) is 3.71. The number of amides is 4. The Kier molecular flexibility index (Phi) is 5.15. The van der Waals surface area contributed by atoms with Gasteiger partial charge in [0.2, 0.25) is 5.91 Å². The average Bonchev–Trinajstić information content (AvgIpc) is 2.92. The van der Waals surface area contributed by atoms with E-state index in [9.17, 15) is 14.4 Å². The van der Waals surface area contributed by atoms with E-state index in [0.717, 1.165) is 18.6 Å². The number of hydrogen-bond acceptors (Lipinski definition) is 4. The number of benzene rings is 1. The first kappa shape index (κ1) is 18.2. The van der Waals surface area contributed by atoms with Crippen LogP contribution in [0.5, 0.6) is 5.75 Å². The number of hydrogen-bond donors (Lipinski definition) is 2. The Labute approximate surface area is 153 Å². The molecular weight excluding hydrogens is 334 g/mol. The Morgan fingerprint density at radius 2 is 1.96 bits per heavy atom. The van der Waals surface area contributed by atoms with E-state index in [0.29, 0.717) is 25.4 Å². The normalized spacial score (nSPS) is 23.5. The predicted octanol–water partition coefficient (Wildman–Crippen LogP) is 1.78. The minimum Gasteiger partial charge on any atom is -0.496 e. The number of methoxy groups -OCH3 is 1. The number of nitrogens with zero attached hydrogens (tertiary/aromatic N) is 1. The van der Waals surface area contributed by atoms with Crippen molar-refractivity contribution in [3.63, 3.8) is 0 Å². The SMILES string of the molecule is COc1ccccc1C1CCN(C(=O)CCC2(C)NC(=O)NC2=O)CC1. The van der Waals surface area contributed by atoms with Crippen molar-refractivity contribution in [3.8, 4) is 5.75 Å². The largest absolute Gasteiger partial charge is 0.496 e. The zero-order valence-electron chi connectivity index (χ0n) is 15.2. The molecule has 7 nitrogen and oxygen atoms in total. The van der Waals surface area contributed by atoms with Crippen molar-refractivity contribution in [3.05, 3.63) is 29.8 Å². The van der Waals surface area contributed by atoms with Crippen molar-refractivity contribution >= 4 is 17.8 Å². The van der Waals surface area contributed by atoms with Crippen LogP contribution in [-0.2, 0) is 9.59 Å². The molecule has 2 fully saturated rings. The third-order valence-electron chi connectivity index (χ3n) is 5.38. The molecule has 2 N–H and O–H groups in total. The fraction of sp³-hybridized carbons (Fsp3) is 0.526. The summed E-state index contributed by atoms with van der Waals surface area (Å²) < 4.78 is 5.45. The number of carbonyl (C=O) groups excluding carboxylic acids is 3. The van der Waals surface area contributed by atoms with Crippen LogP contribution in [-0.4, -0.2) is 48.5 Å². The average molecular weight is 359 g/mol. The molecule has 2 saturated heterocycles. The third-order valence-corrected chi connectivity index (χ3v) is 5.38. The first-order valence-corrected chi connectivity index (χ1v) is 8.97. The maximum Gasteiger partial charge on any atom is 0.322 e. The molecule has 3 rings (SSSR count). The number of likely N-dealkylation sites (tertiary alicyclic amines) is 1. The highest BCUT2D eigenvalue weighted by atomic mass is 16.5. The molecule has 1 atom stereocenters. The molecule has 4 amide bonds. The predicted molar refractivity (Wildman–Crippen MR) is 95.9 cm³/mol. The van der Waals surface area contributed by atoms with Crippen LogP contribution in [0.25, 0.3) is 0 Å². The maximum atomic E-state index is 12.5. The Morgan fingerprint density at radius 3 is 2.58 bits per heavy atom. The second kappa shape index (κ2) is 7.35. The van der Waals surface area contributed by atoms with Gasteiger partial charge in [-0.2, -0.15) is 0 Å². The molecule has 1 unspecified atom stereocenters. The van der Waals surface area contributed by atoms with E-state index in [1.807, 2.05) is 23.1 Å². The van der Waals surface area contributed by atoms with E-state index < -0.39 is 11.6 Å². The lowest BCUT2D eigenvalue weighted by Gasteiger charge is -2.33. The van der Waals surface area contributed by atoms with Crippen LogP contribution in [0.15, 0.2) is 24.3 Å². The summed E-state index contributed by atoms with van der Waals surface area (Å²) in [5, 5.41) is 4.81. The lowest BCUT2D eigenvalue weighted by molar-refractivity contribution is -0.133. The number of nitrogens with one attached hydrogen (secondary N) is 2. The molecule has 7 heteroatoms. The van der Waals surface area contributed by atoms with Gasteiger partial charge in [-0.05, 0) is 43.7 Å². The van der Waals surface area contributed by atoms with Crippen LogP contribution < -0.4 is 15.4 Å². The zero-order chi connectivity index (χ0) is 18.7. The van der Waals surface area contributed by atoms with Gasteiger partial charge in [-0.1, -0.05) is 18.2 Å². The van der Waals surface area contributed by atoms with Crippen molar-refractivity contribution in [1.29, 1.82) is 0 Å². The third kappa shape index (κ3) is 3.66. The molecule has 1 aromatic rings. The number of para-hydroxylation sites is 1. The van der Waals surface area contributed by atoms with E-state index in [-0.39, 0.29) is 18.2 Å². The van der Waals surface area contributed by atoms with Crippen LogP contribution >= 0.6 is 0 Å². The lowest BCUT2D eigenvalue weighted by atomic mass is 9.88. The molecule has 0 radical (unpaired) electrons. The van der Waals surface area contributed by atoms with Gasteiger partial charge in [0.15, 0.2) is 0 Å². The van der Waals surface area contributed by atoms with Gasteiger partial charge in [0.25, 0.3) is 5.91 Å². The van der Waals surface area contributed by atoms with Crippen molar-refractivity contribution < 1.29 is 19.1 Å². The quantitative estimate of drug-likeness (QED) is 0.785. The van der Waals surface area contributed by atoms with E-state index in [1.165, 1.54) is 5.56 Å². The smallest absolute Gasteiger partial charge is 0.322 e. The highest BCUT2D eigenvalue weighted by molar-refractivity contribution is 6.06. The highest BCUT2D eigenvalue weighted by Gasteiger charge is 2.42. The Balaban J connectivity index is 1.52. The standard InChI is InChI=1S/C19H25N3O4/c1-19(17(24)20-18(25)21-19)10-7-16(23)22-11-8-13(9-12-22)14-5-3-4-6-15(14)26-2/h3-6,13H,7-12H2,1-2H3,(H2,20,21,24,25). The molecular formula is C19H25N3O4. The molecule has 140 valence electrons. The first-order valence-electron chi connectivity index (χ1n) is 8.97. The van der Waals surface area contributed by atoms with Gasteiger partial charge in [-0.3, -0.25) is 14.9 Å². The summed E-state index contributed by atoms with van der Waals surface area (Å²) in [7, 11) is 1.68. The Morgan fingerprint density at radius 1 is 1.27 bits per heavy atom. The van der Waals surface area contributed by atoms with Crippen LogP contribution in [0.3, 0.4) is 0 Å². The first-order chi connectivity index (χ1) is 12.4. The van der Waals surface area contributed by atoms with Gasteiger partial charge in [0.1, 0.15) is 11.3 Å². The monoisotopic (exact) mass is 359 g/mol. The molecule has 1 aromatic carbocycles. The molecule has 0 aliphatic carbocycles. The summed E-state index contributed by atoms with van der Waals surface area (Å²) in [5.74, 6) is 0.935. The minimum atomic E-state index is -0.998. The number of rotatable bonds is 5. The number of carbonyl (C=O) groups is 3. The lowest BCUT2D eigenvalue weighted by Crippen LogP contribution is -2.45. The van der Waals surface area contributed by atoms with Gasteiger partial charge >= 0.3 is 6.03 Å². The number of ether oxygens (including phenoxy) is 1. The van der Waals surface area contributed by atoms with E-state index >= 15 is 0 Å². The summed E-state index contributed by atoms with van der Waals surface area (Å²) in [6.07, 6.45) is 2.32. The van der Waals surface area contributed by atoms with Crippen LogP contribution in [0.1, 0.15) is 44.1 Å². The summed E-state index contributed by atoms with van der Waals surface area (Å²) >= 11 is 0. The van der Waals surface area contributed by atoms with E-state index in [1.54, 1.807) is 14.0 Å². The highest BCUT2D eigenvalue weighted by Crippen LogP contribution is 2.34. The van der Waals surface area contributed by atoms with Crippen LogP contribution in [0.2, 0.25) is 0 Å². The maximum absolute atomic E-state index is 12.5. The summed E-state index contributed by atoms with van der Waals surface area (Å²) in [5.41, 5.74) is 0.197. The topological polar surface area (TPSA) is 87.7 Å². The molecule has 0 aromatic heterocycles. The summed E-state index contributed by atoms with van der Waals surface area (Å²) in [4.78, 5) is 37.5. The van der Waals surface area contributed by atoms with Gasteiger partial charge < -0.3 is 15.0 Å². The van der Waals surface area contributed by atoms with E-state index in [2.05, 4.69) is 16.7 Å². The van der Waals surface area contributed by atoms with Crippen molar-refractivity contribution in [2.75, 3.05) is 20.2 Å². The van der Waals surface area contributed by atoms with E-state index in [4.69, 9.17) is 4.74 Å². The van der Waals surface area contributed by atoms with Crippen molar-refractivity contribution in [2.24, 2.45) is 0 Å². The Hall–Kier alpha value is -2.57. The van der Waals surface area contributed by atoms with Gasteiger partial charge in [0, 0.05) is 19.5 Å². The summed E-state index contributed by atoms with van der Waals surface area (Å²) in [6.45, 7) is 3.03. The van der Waals surface area contributed by atoms with Crippen LogP contribution in [0, 0.1) is 0 Å². The molecule has 26 heavy (non-hydrogen) atoms.